The standard InChI is InChI=1S/C30H27N3O3S/c1-20(22-10-6-3-7-11-22)32-27(34)19-36-23-13-15-26-25(18-23)24(14-12-21-8-4-2-5-9-21)28(29(35)33-26)30-31-16-17-37-30/h2-11,13,15-18,20H,12,14,19H2,1H3,(H,32,34)(H,33,35)/t20-/m1/s1. The monoisotopic (exact) mass is 509 g/mol. The third kappa shape index (κ3) is 5.78. The lowest BCUT2D eigenvalue weighted by Gasteiger charge is -2.15. The first kappa shape index (κ1) is 24.5. The zero-order valence-corrected chi connectivity index (χ0v) is 21.3. The lowest BCUT2D eigenvalue weighted by atomic mass is 9.96. The molecule has 0 aliphatic rings. The Balaban J connectivity index is 1.41. The van der Waals surface area contributed by atoms with Crippen LogP contribution in [0.5, 0.6) is 5.75 Å². The summed E-state index contributed by atoms with van der Waals surface area (Å²) >= 11 is 1.44. The quantitative estimate of drug-likeness (QED) is 0.267. The van der Waals surface area contributed by atoms with Gasteiger partial charge in [-0.25, -0.2) is 4.98 Å². The van der Waals surface area contributed by atoms with Crippen molar-refractivity contribution in [3.63, 3.8) is 0 Å². The topological polar surface area (TPSA) is 84.1 Å². The van der Waals surface area contributed by atoms with Crippen molar-refractivity contribution in [2.45, 2.75) is 25.8 Å². The van der Waals surface area contributed by atoms with E-state index in [0.29, 0.717) is 22.7 Å². The molecule has 5 rings (SSSR count). The number of carbonyl (C=O) groups is 1. The van der Waals surface area contributed by atoms with Crippen LogP contribution in [-0.2, 0) is 17.6 Å². The number of rotatable bonds is 9. The van der Waals surface area contributed by atoms with Crippen LogP contribution in [0.2, 0.25) is 0 Å². The summed E-state index contributed by atoms with van der Waals surface area (Å²) < 4.78 is 5.87. The van der Waals surface area contributed by atoms with Crippen molar-refractivity contribution in [2.75, 3.05) is 6.61 Å². The minimum atomic E-state index is -0.203. The first-order valence-electron chi connectivity index (χ1n) is 12.2. The highest BCUT2D eigenvalue weighted by Crippen LogP contribution is 2.31. The molecule has 2 N–H and O–H groups in total. The molecular weight excluding hydrogens is 482 g/mol. The summed E-state index contributed by atoms with van der Waals surface area (Å²) in [6.07, 6.45) is 3.15. The minimum absolute atomic E-state index is 0.106. The fourth-order valence-corrected chi connectivity index (χ4v) is 5.14. The van der Waals surface area contributed by atoms with Crippen molar-refractivity contribution in [2.24, 2.45) is 0 Å². The maximum absolute atomic E-state index is 13.1. The number of amides is 1. The molecule has 0 radical (unpaired) electrons. The molecule has 7 heteroatoms. The zero-order chi connectivity index (χ0) is 25.6. The van der Waals surface area contributed by atoms with E-state index in [1.807, 2.05) is 73.0 Å². The highest BCUT2D eigenvalue weighted by atomic mass is 32.1. The molecule has 0 spiro atoms. The highest BCUT2D eigenvalue weighted by Gasteiger charge is 2.18. The summed E-state index contributed by atoms with van der Waals surface area (Å²) in [6, 6.07) is 25.4. The Bertz CT molecular complexity index is 1550. The number of hydrogen-bond donors (Lipinski definition) is 2. The van der Waals surface area contributed by atoms with E-state index in [2.05, 4.69) is 27.4 Å². The van der Waals surface area contributed by atoms with E-state index in [-0.39, 0.29) is 24.1 Å². The van der Waals surface area contributed by atoms with Crippen LogP contribution >= 0.6 is 11.3 Å². The molecule has 5 aromatic rings. The first-order valence-corrected chi connectivity index (χ1v) is 13.1. The number of carbonyl (C=O) groups excluding carboxylic acids is 1. The SMILES string of the molecule is C[C@@H](NC(=O)COc1ccc2[nH]c(=O)c(-c3nccs3)c(CCc3ccccc3)c2c1)c1ccccc1. The van der Waals surface area contributed by atoms with E-state index in [1.54, 1.807) is 12.3 Å². The smallest absolute Gasteiger partial charge is 0.259 e. The van der Waals surface area contributed by atoms with Crippen molar-refractivity contribution in [1.29, 1.82) is 0 Å². The molecule has 0 bridgehead atoms. The number of H-pyrrole nitrogens is 1. The highest BCUT2D eigenvalue weighted by molar-refractivity contribution is 7.13. The van der Waals surface area contributed by atoms with Gasteiger partial charge in [0.15, 0.2) is 6.61 Å². The molecule has 0 saturated carbocycles. The fourth-order valence-electron chi connectivity index (χ4n) is 4.43. The molecule has 0 saturated heterocycles. The van der Waals surface area contributed by atoms with Gasteiger partial charge in [-0.3, -0.25) is 9.59 Å². The molecule has 186 valence electrons. The van der Waals surface area contributed by atoms with E-state index in [1.165, 1.54) is 16.9 Å². The lowest BCUT2D eigenvalue weighted by Crippen LogP contribution is -2.31. The van der Waals surface area contributed by atoms with Gasteiger partial charge in [-0.05, 0) is 54.7 Å². The number of benzene rings is 3. The number of aromatic nitrogens is 2. The van der Waals surface area contributed by atoms with E-state index in [9.17, 15) is 9.59 Å². The molecule has 2 heterocycles. The van der Waals surface area contributed by atoms with Gasteiger partial charge < -0.3 is 15.0 Å². The van der Waals surface area contributed by atoms with Gasteiger partial charge in [-0.2, -0.15) is 0 Å². The predicted octanol–water partition coefficient (Wildman–Crippen LogP) is 5.69. The number of aromatic amines is 1. The van der Waals surface area contributed by atoms with Crippen LogP contribution in [-0.4, -0.2) is 22.5 Å². The Kier molecular flexibility index (Phi) is 7.42. The lowest BCUT2D eigenvalue weighted by molar-refractivity contribution is -0.123. The fraction of sp³-hybridized carbons (Fsp3) is 0.167. The molecular formula is C30H27N3O3S. The van der Waals surface area contributed by atoms with Crippen LogP contribution in [0.3, 0.4) is 0 Å². The van der Waals surface area contributed by atoms with Gasteiger partial charge in [0.05, 0.1) is 11.6 Å². The molecule has 1 atom stereocenters. The second kappa shape index (κ2) is 11.2. The molecule has 1 amide bonds. The summed E-state index contributed by atoms with van der Waals surface area (Å²) in [7, 11) is 0. The molecule has 0 aliphatic heterocycles. The van der Waals surface area contributed by atoms with Crippen molar-refractivity contribution in [1.82, 2.24) is 15.3 Å². The first-order chi connectivity index (χ1) is 18.1. The zero-order valence-electron chi connectivity index (χ0n) is 20.4. The third-order valence-corrected chi connectivity index (χ3v) is 7.08. The Morgan fingerprint density at radius 1 is 1.03 bits per heavy atom. The van der Waals surface area contributed by atoms with Crippen LogP contribution < -0.4 is 15.6 Å². The Labute approximate surface area is 219 Å². The molecule has 0 fully saturated rings. The second-order valence-corrected chi connectivity index (χ2v) is 9.72. The maximum atomic E-state index is 13.1. The van der Waals surface area contributed by atoms with Gasteiger partial charge in [-0.1, -0.05) is 60.7 Å². The van der Waals surface area contributed by atoms with Crippen LogP contribution in [0.4, 0.5) is 0 Å². The van der Waals surface area contributed by atoms with E-state index >= 15 is 0 Å². The van der Waals surface area contributed by atoms with Gasteiger partial charge in [0.2, 0.25) is 0 Å². The van der Waals surface area contributed by atoms with Crippen molar-refractivity contribution in [3.8, 4) is 16.3 Å². The van der Waals surface area contributed by atoms with Crippen molar-refractivity contribution >= 4 is 28.1 Å². The van der Waals surface area contributed by atoms with Crippen molar-refractivity contribution in [3.05, 3.63) is 117 Å². The maximum Gasteiger partial charge on any atom is 0.259 e. The normalized spacial score (nSPS) is 11.8. The summed E-state index contributed by atoms with van der Waals surface area (Å²) in [5.41, 5.74) is 4.30. The third-order valence-electron chi connectivity index (χ3n) is 6.29. The van der Waals surface area contributed by atoms with Crippen LogP contribution in [0.25, 0.3) is 21.5 Å². The Morgan fingerprint density at radius 3 is 2.51 bits per heavy atom. The summed E-state index contributed by atoms with van der Waals surface area (Å²) in [6.45, 7) is 1.84. The minimum Gasteiger partial charge on any atom is -0.484 e. The number of thiazole rings is 1. The van der Waals surface area contributed by atoms with Gasteiger partial charge in [0.25, 0.3) is 11.5 Å². The predicted molar refractivity (Wildman–Crippen MR) is 148 cm³/mol. The van der Waals surface area contributed by atoms with E-state index in [4.69, 9.17) is 4.74 Å². The molecule has 6 nitrogen and oxygen atoms in total. The number of pyridine rings is 1. The summed E-state index contributed by atoms with van der Waals surface area (Å²) in [5, 5.41) is 6.41. The molecule has 2 aromatic heterocycles. The molecule has 0 unspecified atom stereocenters. The number of hydrogen-bond acceptors (Lipinski definition) is 5. The number of nitrogens with one attached hydrogen (secondary N) is 2. The largest absolute Gasteiger partial charge is 0.484 e. The van der Waals surface area contributed by atoms with Gasteiger partial charge >= 0.3 is 0 Å². The number of aryl methyl sites for hydroxylation is 2. The molecule has 3 aromatic carbocycles. The van der Waals surface area contributed by atoms with E-state index < -0.39 is 0 Å². The average Bonchev–Trinajstić information content (AvgIpc) is 3.46. The van der Waals surface area contributed by atoms with Crippen LogP contribution in [0, 0.1) is 0 Å². The summed E-state index contributed by atoms with van der Waals surface area (Å²) in [5.74, 6) is 0.360. The number of nitrogens with zero attached hydrogens (tertiary/aromatic N) is 1. The molecule has 0 aliphatic carbocycles. The number of ether oxygens (including phenoxy) is 1. The average molecular weight is 510 g/mol. The Hall–Kier alpha value is -4.23. The van der Waals surface area contributed by atoms with Gasteiger partial charge in [0.1, 0.15) is 10.8 Å². The molecule has 37 heavy (non-hydrogen) atoms. The number of fused-ring (bicyclic) bond motifs is 1. The van der Waals surface area contributed by atoms with E-state index in [0.717, 1.165) is 28.5 Å². The van der Waals surface area contributed by atoms with Gasteiger partial charge in [0, 0.05) is 22.5 Å². The van der Waals surface area contributed by atoms with Crippen LogP contribution in [0.1, 0.15) is 29.7 Å². The van der Waals surface area contributed by atoms with Gasteiger partial charge in [-0.15, -0.1) is 11.3 Å². The van der Waals surface area contributed by atoms with Crippen molar-refractivity contribution < 1.29 is 9.53 Å². The van der Waals surface area contributed by atoms with Crippen LogP contribution in [0.15, 0.2) is 95.2 Å². The summed E-state index contributed by atoms with van der Waals surface area (Å²) in [4.78, 5) is 33.1. The Morgan fingerprint density at radius 2 is 1.78 bits per heavy atom. The second-order valence-electron chi connectivity index (χ2n) is 8.83.